The first-order valence-corrected chi connectivity index (χ1v) is 10.0. The van der Waals surface area contributed by atoms with Crippen LogP contribution in [-0.4, -0.2) is 42.1 Å². The predicted octanol–water partition coefficient (Wildman–Crippen LogP) is 4.63. The van der Waals surface area contributed by atoms with Crippen LogP contribution in [0.1, 0.15) is 31.2 Å². The molecule has 5 nitrogen and oxygen atoms in total. The number of methoxy groups -OCH3 is 1. The third-order valence-electron chi connectivity index (χ3n) is 5.72. The highest BCUT2D eigenvalue weighted by Crippen LogP contribution is 2.35. The number of hydrogen-bond acceptors (Lipinski definition) is 3. The third-order valence-corrected chi connectivity index (χ3v) is 5.72. The monoisotopic (exact) mass is 414 g/mol. The van der Waals surface area contributed by atoms with Crippen LogP contribution in [0.3, 0.4) is 0 Å². The summed E-state index contributed by atoms with van der Waals surface area (Å²) in [5, 5.41) is 1.15. The number of amides is 1. The number of aromatic nitrogens is 1. The van der Waals surface area contributed by atoms with Crippen molar-refractivity contribution in [2.75, 3.05) is 20.2 Å². The molecule has 2 heterocycles. The van der Waals surface area contributed by atoms with Gasteiger partial charge in [0.1, 0.15) is 11.5 Å². The van der Waals surface area contributed by atoms with Gasteiger partial charge in [-0.1, -0.05) is 0 Å². The largest absolute Gasteiger partial charge is 0.497 e. The molecule has 2 aromatic carbocycles. The molecule has 1 amide bonds. The minimum atomic E-state index is -0.997. The minimum absolute atomic E-state index is 0.136. The molecule has 4 rings (SSSR count). The number of carbonyl (C=O) groups excluding carboxylic acids is 1. The van der Waals surface area contributed by atoms with Crippen LogP contribution in [0.4, 0.5) is 8.78 Å². The van der Waals surface area contributed by atoms with Crippen molar-refractivity contribution in [3.05, 3.63) is 59.8 Å². The van der Waals surface area contributed by atoms with E-state index in [4.69, 9.17) is 9.47 Å². The molecule has 1 aliphatic heterocycles. The molecule has 1 aromatic heterocycles. The second kappa shape index (κ2) is 8.34. The normalized spacial score (nSPS) is 15.9. The number of H-pyrrole nitrogens is 1. The van der Waals surface area contributed by atoms with Crippen LogP contribution in [0.2, 0.25) is 0 Å². The van der Waals surface area contributed by atoms with Gasteiger partial charge in [0, 0.05) is 36.3 Å². The Morgan fingerprint density at radius 1 is 1.10 bits per heavy atom. The van der Waals surface area contributed by atoms with Crippen LogP contribution in [0.25, 0.3) is 10.9 Å². The van der Waals surface area contributed by atoms with E-state index < -0.39 is 17.7 Å². The number of nitrogens with one attached hydrogen (secondary N) is 1. The summed E-state index contributed by atoms with van der Waals surface area (Å²) in [7, 11) is 1.65. The topological polar surface area (TPSA) is 54.6 Å². The van der Waals surface area contributed by atoms with Gasteiger partial charge < -0.3 is 19.4 Å². The number of nitrogens with zero attached hydrogens (tertiary/aromatic N) is 1. The maximum Gasteiger partial charge on any atom is 0.263 e. The highest BCUT2D eigenvalue weighted by atomic mass is 19.2. The molecule has 7 heteroatoms. The van der Waals surface area contributed by atoms with Gasteiger partial charge in [-0.3, -0.25) is 4.79 Å². The third kappa shape index (κ3) is 3.97. The van der Waals surface area contributed by atoms with E-state index in [2.05, 4.69) is 4.98 Å². The van der Waals surface area contributed by atoms with Gasteiger partial charge in [0.25, 0.3) is 5.91 Å². The van der Waals surface area contributed by atoms with Gasteiger partial charge in [0.05, 0.1) is 7.11 Å². The van der Waals surface area contributed by atoms with Crippen molar-refractivity contribution in [3.8, 4) is 11.5 Å². The van der Waals surface area contributed by atoms with Gasteiger partial charge >= 0.3 is 0 Å². The van der Waals surface area contributed by atoms with Gasteiger partial charge in [0.2, 0.25) is 0 Å². The Morgan fingerprint density at radius 3 is 2.53 bits per heavy atom. The Labute approximate surface area is 173 Å². The first-order chi connectivity index (χ1) is 14.5. The lowest BCUT2D eigenvalue weighted by molar-refractivity contribution is -0.139. The lowest BCUT2D eigenvalue weighted by Crippen LogP contribution is -2.44. The van der Waals surface area contributed by atoms with E-state index in [1.54, 1.807) is 18.9 Å². The number of ether oxygens (including phenoxy) is 2. The predicted molar refractivity (Wildman–Crippen MR) is 110 cm³/mol. The van der Waals surface area contributed by atoms with E-state index in [0.717, 1.165) is 41.6 Å². The summed E-state index contributed by atoms with van der Waals surface area (Å²) in [6.07, 6.45) is 2.95. The minimum Gasteiger partial charge on any atom is -0.497 e. The first-order valence-electron chi connectivity index (χ1n) is 10.0. The van der Waals surface area contributed by atoms with E-state index in [-0.39, 0.29) is 11.7 Å². The fraction of sp³-hybridized carbons (Fsp3) is 0.348. The average molecular weight is 414 g/mol. The Morgan fingerprint density at radius 2 is 1.83 bits per heavy atom. The smallest absolute Gasteiger partial charge is 0.263 e. The molecule has 0 radical (unpaired) electrons. The fourth-order valence-corrected chi connectivity index (χ4v) is 4.06. The SMILES string of the molecule is COc1ccc2[nH]cc(C3CCN(C(=O)C(C)Oc4ccc(F)c(F)c4)CC3)c2c1. The summed E-state index contributed by atoms with van der Waals surface area (Å²) in [5.41, 5.74) is 2.31. The number of piperidine rings is 1. The highest BCUT2D eigenvalue weighted by molar-refractivity contribution is 5.85. The Balaban J connectivity index is 1.39. The summed E-state index contributed by atoms with van der Waals surface area (Å²) in [6.45, 7) is 2.86. The second-order valence-electron chi connectivity index (χ2n) is 7.59. The zero-order chi connectivity index (χ0) is 21.3. The Bertz CT molecular complexity index is 1060. The molecule has 0 bridgehead atoms. The summed E-state index contributed by atoms with van der Waals surface area (Å²) >= 11 is 0. The quantitative estimate of drug-likeness (QED) is 0.662. The number of halogens is 2. The number of aromatic amines is 1. The maximum atomic E-state index is 13.4. The molecule has 0 saturated carbocycles. The summed E-state index contributed by atoms with van der Waals surface area (Å²) < 4.78 is 37.3. The van der Waals surface area contributed by atoms with E-state index >= 15 is 0 Å². The summed E-state index contributed by atoms with van der Waals surface area (Å²) in [6, 6.07) is 9.24. The number of carbonyl (C=O) groups is 1. The number of fused-ring (bicyclic) bond motifs is 1. The fourth-order valence-electron chi connectivity index (χ4n) is 4.06. The van der Waals surface area contributed by atoms with E-state index in [0.29, 0.717) is 19.0 Å². The van der Waals surface area contributed by atoms with E-state index in [1.165, 1.54) is 11.6 Å². The molecule has 30 heavy (non-hydrogen) atoms. The van der Waals surface area contributed by atoms with Crippen LogP contribution < -0.4 is 9.47 Å². The standard InChI is InChI=1S/C23H24F2N2O3/c1-14(30-17-3-5-20(24)21(25)12-17)23(28)27-9-7-15(8-10-27)19-13-26-22-6-4-16(29-2)11-18(19)22/h3-6,11-15,26H,7-10H2,1-2H3. The molecule has 1 N–H and O–H groups in total. The van der Waals surface area contributed by atoms with Crippen molar-refractivity contribution in [2.45, 2.75) is 31.8 Å². The van der Waals surface area contributed by atoms with Gasteiger partial charge in [-0.25, -0.2) is 8.78 Å². The zero-order valence-electron chi connectivity index (χ0n) is 17.0. The molecule has 1 fully saturated rings. The molecule has 0 spiro atoms. The second-order valence-corrected chi connectivity index (χ2v) is 7.59. The maximum absolute atomic E-state index is 13.4. The zero-order valence-corrected chi connectivity index (χ0v) is 17.0. The van der Waals surface area contributed by atoms with Gasteiger partial charge in [-0.05, 0) is 61.6 Å². The van der Waals surface area contributed by atoms with Gasteiger partial charge in [-0.15, -0.1) is 0 Å². The van der Waals surface area contributed by atoms with E-state index in [9.17, 15) is 13.6 Å². The average Bonchev–Trinajstić information content (AvgIpc) is 3.19. The van der Waals surface area contributed by atoms with Gasteiger partial charge in [-0.2, -0.15) is 0 Å². The van der Waals surface area contributed by atoms with Crippen LogP contribution in [0.15, 0.2) is 42.6 Å². The summed E-state index contributed by atoms with van der Waals surface area (Å²) in [5.74, 6) is -0.797. The molecular weight excluding hydrogens is 390 g/mol. The number of hydrogen-bond donors (Lipinski definition) is 1. The molecule has 1 aliphatic rings. The number of rotatable bonds is 5. The van der Waals surface area contributed by atoms with Crippen LogP contribution in [-0.2, 0) is 4.79 Å². The van der Waals surface area contributed by atoms with Crippen LogP contribution in [0, 0.1) is 11.6 Å². The van der Waals surface area contributed by atoms with Crippen molar-refractivity contribution < 1.29 is 23.0 Å². The van der Waals surface area contributed by atoms with Crippen LogP contribution >= 0.6 is 0 Å². The molecule has 1 atom stereocenters. The van der Waals surface area contributed by atoms with Crippen LogP contribution in [0.5, 0.6) is 11.5 Å². The number of likely N-dealkylation sites (tertiary alicyclic amines) is 1. The molecular formula is C23H24F2N2O3. The van der Waals surface area contributed by atoms with Crippen molar-refractivity contribution in [2.24, 2.45) is 0 Å². The van der Waals surface area contributed by atoms with E-state index in [1.807, 2.05) is 24.4 Å². The summed E-state index contributed by atoms with van der Waals surface area (Å²) in [4.78, 5) is 17.8. The molecule has 1 saturated heterocycles. The Hall–Kier alpha value is -3.09. The number of benzene rings is 2. The first kappa shape index (κ1) is 20.2. The van der Waals surface area contributed by atoms with Crippen molar-refractivity contribution in [3.63, 3.8) is 0 Å². The lowest BCUT2D eigenvalue weighted by Gasteiger charge is -2.33. The molecule has 0 aliphatic carbocycles. The molecule has 1 unspecified atom stereocenters. The molecule has 3 aromatic rings. The van der Waals surface area contributed by atoms with Crippen molar-refractivity contribution in [1.29, 1.82) is 0 Å². The highest BCUT2D eigenvalue weighted by Gasteiger charge is 2.29. The lowest BCUT2D eigenvalue weighted by atomic mass is 9.89. The molecule has 158 valence electrons. The van der Waals surface area contributed by atoms with Gasteiger partial charge in [0.15, 0.2) is 17.7 Å². The van der Waals surface area contributed by atoms with Crippen molar-refractivity contribution in [1.82, 2.24) is 9.88 Å². The van der Waals surface area contributed by atoms with Crippen molar-refractivity contribution >= 4 is 16.8 Å². The Kier molecular flexibility index (Phi) is 5.61.